The fourth-order valence-electron chi connectivity index (χ4n) is 2.59. The summed E-state index contributed by atoms with van der Waals surface area (Å²) in [5, 5.41) is 0.988. The van der Waals surface area contributed by atoms with Crippen LogP contribution in [0.3, 0.4) is 0 Å². The van der Waals surface area contributed by atoms with Gasteiger partial charge in [0.2, 0.25) is 0 Å². The lowest BCUT2D eigenvalue weighted by Crippen LogP contribution is -2.08. The first-order valence-corrected chi connectivity index (χ1v) is 9.83. The molecule has 0 saturated heterocycles. The summed E-state index contributed by atoms with van der Waals surface area (Å²) < 4.78 is 13.3. The summed E-state index contributed by atoms with van der Waals surface area (Å²) in [5.41, 5.74) is 1.14. The molecule has 3 nitrogen and oxygen atoms in total. The van der Waals surface area contributed by atoms with Gasteiger partial charge < -0.3 is 9.15 Å². The van der Waals surface area contributed by atoms with Gasteiger partial charge in [-0.2, -0.15) is 0 Å². The molecule has 0 aliphatic carbocycles. The molecule has 0 amide bonds. The lowest BCUT2D eigenvalue weighted by molar-refractivity contribution is 0.361. The number of fused-ring (bicyclic) bond motifs is 1. The average Bonchev–Trinajstić information content (AvgIpc) is 2.57. The highest BCUT2D eigenvalue weighted by Gasteiger charge is 2.20. The molecule has 0 aliphatic rings. The fraction of sp³-hybridized carbons (Fsp3) is 0.105. The van der Waals surface area contributed by atoms with Crippen LogP contribution in [0.5, 0.6) is 5.75 Å². The maximum Gasteiger partial charge on any atom is 0.196 e. The molecule has 0 radical (unpaired) electrons. The molecule has 0 N–H and O–H groups in total. The Kier molecular flexibility index (Phi) is 5.82. The Hall–Kier alpha value is -1.27. The van der Waals surface area contributed by atoms with Crippen LogP contribution in [0.2, 0.25) is 10.0 Å². The van der Waals surface area contributed by atoms with Crippen molar-refractivity contribution in [3.63, 3.8) is 0 Å². The minimum absolute atomic E-state index is 0.198. The van der Waals surface area contributed by atoms with E-state index >= 15 is 0 Å². The van der Waals surface area contributed by atoms with Crippen LogP contribution in [0.4, 0.5) is 0 Å². The van der Waals surface area contributed by atoms with E-state index in [1.54, 1.807) is 25.1 Å². The highest BCUT2D eigenvalue weighted by atomic mass is 79.9. The first-order valence-electron chi connectivity index (χ1n) is 7.49. The van der Waals surface area contributed by atoms with E-state index in [0.717, 1.165) is 4.47 Å². The van der Waals surface area contributed by atoms with E-state index in [2.05, 4.69) is 38.4 Å². The zero-order chi connectivity index (χ0) is 19.0. The maximum absolute atomic E-state index is 12.9. The normalized spacial score (nSPS) is 11.0. The Morgan fingerprint density at radius 2 is 1.96 bits per heavy atom. The van der Waals surface area contributed by atoms with Crippen LogP contribution in [0.25, 0.3) is 22.3 Å². The molecule has 0 saturated carbocycles. The van der Waals surface area contributed by atoms with Crippen molar-refractivity contribution in [1.82, 2.24) is 0 Å². The van der Waals surface area contributed by atoms with E-state index in [1.807, 2.05) is 12.1 Å². The molecule has 0 atom stereocenters. The molecule has 26 heavy (non-hydrogen) atoms. The van der Waals surface area contributed by atoms with E-state index in [9.17, 15) is 4.79 Å². The summed E-state index contributed by atoms with van der Waals surface area (Å²) in [5.74, 6) is 0.927. The number of hydrogen-bond acceptors (Lipinski definition) is 3. The van der Waals surface area contributed by atoms with Crippen LogP contribution in [-0.4, -0.2) is 6.61 Å². The van der Waals surface area contributed by atoms with Crippen LogP contribution in [0.15, 0.2) is 55.1 Å². The predicted octanol–water partition coefficient (Wildman–Crippen LogP) is 7.17. The topological polar surface area (TPSA) is 39.4 Å². The van der Waals surface area contributed by atoms with Crippen molar-refractivity contribution in [3.8, 4) is 17.1 Å². The summed E-state index contributed by atoms with van der Waals surface area (Å²) >= 11 is 19.2. The molecule has 3 rings (SSSR count). The monoisotopic (exact) mass is 516 g/mol. The van der Waals surface area contributed by atoms with Crippen LogP contribution < -0.4 is 10.2 Å². The van der Waals surface area contributed by atoms with Crippen molar-refractivity contribution >= 4 is 66.0 Å². The van der Waals surface area contributed by atoms with Gasteiger partial charge in [-0.3, -0.25) is 4.79 Å². The smallest absolute Gasteiger partial charge is 0.196 e. The molecule has 2 aromatic carbocycles. The van der Waals surface area contributed by atoms with Gasteiger partial charge in [-0.25, -0.2) is 0 Å². The van der Waals surface area contributed by atoms with Gasteiger partial charge in [-0.1, -0.05) is 51.8 Å². The zero-order valence-electron chi connectivity index (χ0n) is 13.5. The van der Waals surface area contributed by atoms with Gasteiger partial charge in [0.15, 0.2) is 11.0 Å². The van der Waals surface area contributed by atoms with Crippen LogP contribution >= 0.6 is 55.1 Å². The van der Waals surface area contributed by atoms with Crippen LogP contribution in [0.1, 0.15) is 5.56 Å². The second-order valence-corrected chi connectivity index (χ2v) is 8.13. The number of halogens is 4. The van der Waals surface area contributed by atoms with Crippen molar-refractivity contribution in [1.29, 1.82) is 0 Å². The van der Waals surface area contributed by atoms with Gasteiger partial charge in [0.1, 0.15) is 18.1 Å². The van der Waals surface area contributed by atoms with Crippen LogP contribution in [-0.2, 0) is 0 Å². The Morgan fingerprint density at radius 1 is 1.23 bits per heavy atom. The number of benzene rings is 2. The molecule has 1 heterocycles. The number of ether oxygens (including phenoxy) is 1. The van der Waals surface area contributed by atoms with Gasteiger partial charge in [0, 0.05) is 15.1 Å². The maximum atomic E-state index is 12.9. The SMILES string of the molecule is C=CCOc1c(Br)cc(Br)cc1-c1oc2c(Cl)cc(Cl)cc2c(=O)c1C. The van der Waals surface area contributed by atoms with Gasteiger partial charge in [-0.15, -0.1) is 0 Å². The Morgan fingerprint density at radius 3 is 2.65 bits per heavy atom. The summed E-state index contributed by atoms with van der Waals surface area (Å²) in [6.07, 6.45) is 1.64. The Bertz CT molecular complexity index is 1090. The Labute approximate surface area is 176 Å². The quantitative estimate of drug-likeness (QED) is 0.344. The van der Waals surface area contributed by atoms with Crippen molar-refractivity contribution < 1.29 is 9.15 Å². The second kappa shape index (κ2) is 7.77. The van der Waals surface area contributed by atoms with E-state index in [-0.39, 0.29) is 16.0 Å². The Balaban J connectivity index is 2.38. The van der Waals surface area contributed by atoms with Gasteiger partial charge in [0.25, 0.3) is 0 Å². The third-order valence-electron chi connectivity index (χ3n) is 3.74. The third-order valence-corrected chi connectivity index (χ3v) is 5.28. The molecule has 0 spiro atoms. The van der Waals surface area contributed by atoms with Crippen molar-refractivity contribution in [2.75, 3.05) is 6.61 Å². The molecule has 0 unspecified atom stereocenters. The fourth-order valence-corrected chi connectivity index (χ4v) is 4.46. The van der Waals surface area contributed by atoms with E-state index in [4.69, 9.17) is 32.4 Å². The minimum Gasteiger partial charge on any atom is -0.488 e. The van der Waals surface area contributed by atoms with Crippen molar-refractivity contribution in [3.05, 3.63) is 71.7 Å². The first-order chi connectivity index (χ1) is 12.3. The molecule has 0 aliphatic heterocycles. The molecule has 7 heteroatoms. The van der Waals surface area contributed by atoms with Crippen LogP contribution in [0, 0.1) is 6.92 Å². The molecule has 134 valence electrons. The molecule has 0 bridgehead atoms. The summed E-state index contributed by atoms with van der Waals surface area (Å²) in [6.45, 7) is 5.67. The molecular formula is C19H12Br2Cl2O3. The van der Waals surface area contributed by atoms with E-state index < -0.39 is 0 Å². The second-order valence-electron chi connectivity index (χ2n) is 5.51. The minimum atomic E-state index is -0.198. The highest BCUT2D eigenvalue weighted by Crippen LogP contribution is 2.41. The summed E-state index contributed by atoms with van der Waals surface area (Å²) in [7, 11) is 0. The van der Waals surface area contributed by atoms with Gasteiger partial charge in [0.05, 0.1) is 20.4 Å². The first kappa shape index (κ1) is 19.5. The van der Waals surface area contributed by atoms with Crippen molar-refractivity contribution in [2.45, 2.75) is 6.92 Å². The number of rotatable bonds is 4. The number of hydrogen-bond donors (Lipinski definition) is 0. The van der Waals surface area contributed by atoms with E-state index in [0.29, 0.717) is 44.1 Å². The zero-order valence-corrected chi connectivity index (χ0v) is 18.2. The standard InChI is InChI=1S/C19H12Br2Cl2O3/c1-3-4-25-18-13(5-10(20)6-14(18)21)17-9(2)16(24)12-7-11(22)8-15(23)19(12)26-17/h3,5-8H,1,4H2,2H3. The predicted molar refractivity (Wildman–Crippen MR) is 114 cm³/mol. The highest BCUT2D eigenvalue weighted by molar-refractivity contribution is 9.11. The average molecular weight is 519 g/mol. The van der Waals surface area contributed by atoms with Crippen molar-refractivity contribution in [2.24, 2.45) is 0 Å². The van der Waals surface area contributed by atoms with Gasteiger partial charge >= 0.3 is 0 Å². The third kappa shape index (κ3) is 3.58. The van der Waals surface area contributed by atoms with E-state index in [1.165, 1.54) is 0 Å². The van der Waals surface area contributed by atoms with Gasteiger partial charge in [-0.05, 0) is 47.1 Å². The molecule has 3 aromatic rings. The summed E-state index contributed by atoms with van der Waals surface area (Å²) in [4.78, 5) is 12.9. The molecule has 1 aromatic heterocycles. The largest absolute Gasteiger partial charge is 0.488 e. The lowest BCUT2D eigenvalue weighted by atomic mass is 10.0. The lowest BCUT2D eigenvalue weighted by Gasteiger charge is -2.15. The molecular weight excluding hydrogens is 507 g/mol. The molecule has 0 fully saturated rings. The summed E-state index contributed by atoms with van der Waals surface area (Å²) in [6, 6.07) is 6.77.